The standard InChI is InChI=1S/C18H23N3O8/c1-5-6-12-7-21(18(25)20-16(12)19)17-15(28-11(4)24)14(27-10(3)23)13(29-17)8-26-9(2)22/h5,7,13-15,17H,1,6,8H2,2-4H3,(H2,19,20,25)/t13-,14+,15-,17?/m1/s1/i2D,3D,4D. The summed E-state index contributed by atoms with van der Waals surface area (Å²) in [4.78, 5) is 51.4. The summed E-state index contributed by atoms with van der Waals surface area (Å²) in [5.74, 6) is -2.91. The average molecular weight is 412 g/mol. The zero-order chi connectivity index (χ0) is 23.8. The number of carbonyl (C=O) groups is 3. The monoisotopic (exact) mass is 412 g/mol. The van der Waals surface area contributed by atoms with E-state index in [4.69, 9.17) is 28.8 Å². The molecule has 1 aliphatic rings. The van der Waals surface area contributed by atoms with E-state index in [1.165, 1.54) is 12.3 Å². The molecule has 4 atom stereocenters. The van der Waals surface area contributed by atoms with Gasteiger partial charge in [0.1, 0.15) is 18.5 Å². The van der Waals surface area contributed by atoms with Gasteiger partial charge in [-0.05, 0) is 6.42 Å². The van der Waals surface area contributed by atoms with Crippen LogP contribution < -0.4 is 11.4 Å². The number of ether oxygens (including phenoxy) is 4. The fraction of sp³-hybridized carbons (Fsp3) is 0.500. The van der Waals surface area contributed by atoms with E-state index in [0.717, 1.165) is 4.57 Å². The van der Waals surface area contributed by atoms with E-state index in [1.807, 2.05) is 0 Å². The van der Waals surface area contributed by atoms with E-state index in [9.17, 15) is 19.2 Å². The SMILES string of the molecule is [2H]CC(=O)OC[C@H]1OC(n2cc(CC=C)c(N)nc2=O)[C@H](OC(=O)C[2H])[C@H]1OC(=O)C[2H]. The maximum absolute atomic E-state index is 12.5. The van der Waals surface area contributed by atoms with Crippen molar-refractivity contribution in [2.75, 3.05) is 12.3 Å². The number of hydrogen-bond acceptors (Lipinski definition) is 10. The normalized spacial score (nSPS) is 24.6. The third-order valence-electron chi connectivity index (χ3n) is 3.93. The van der Waals surface area contributed by atoms with Crippen molar-refractivity contribution in [2.24, 2.45) is 0 Å². The van der Waals surface area contributed by atoms with Crippen molar-refractivity contribution in [1.29, 1.82) is 0 Å². The van der Waals surface area contributed by atoms with Gasteiger partial charge in [-0.2, -0.15) is 4.98 Å². The molecule has 2 N–H and O–H groups in total. The molecule has 0 saturated carbocycles. The maximum atomic E-state index is 12.5. The quantitative estimate of drug-likeness (QED) is 0.365. The molecule has 1 fully saturated rings. The minimum absolute atomic E-state index is 0.0399. The Labute approximate surface area is 170 Å². The van der Waals surface area contributed by atoms with Crippen molar-refractivity contribution in [3.05, 3.63) is 34.9 Å². The van der Waals surface area contributed by atoms with E-state index >= 15 is 0 Å². The largest absolute Gasteiger partial charge is 0.463 e. The van der Waals surface area contributed by atoms with Crippen molar-refractivity contribution < 1.29 is 37.4 Å². The van der Waals surface area contributed by atoms with Gasteiger partial charge < -0.3 is 24.7 Å². The topological polar surface area (TPSA) is 149 Å². The summed E-state index contributed by atoms with van der Waals surface area (Å²) in [5.41, 5.74) is 5.31. The second kappa shape index (κ2) is 9.32. The summed E-state index contributed by atoms with van der Waals surface area (Å²) < 4.78 is 43.4. The molecular weight excluding hydrogens is 386 g/mol. The van der Waals surface area contributed by atoms with Crippen LogP contribution in [0, 0.1) is 0 Å². The highest BCUT2D eigenvalue weighted by Gasteiger charge is 2.51. The molecule has 2 rings (SSSR count). The van der Waals surface area contributed by atoms with E-state index < -0.39 is 75.4 Å². The summed E-state index contributed by atoms with van der Waals surface area (Å²) in [5, 5.41) is 0. The molecule has 0 aliphatic carbocycles. The molecule has 1 aromatic heterocycles. The Kier molecular flexibility index (Phi) is 5.74. The molecule has 0 bridgehead atoms. The minimum Gasteiger partial charge on any atom is -0.463 e. The predicted octanol–water partition coefficient (Wildman–Crippen LogP) is -0.122. The molecule has 1 aromatic rings. The molecule has 1 saturated heterocycles. The van der Waals surface area contributed by atoms with Crippen molar-refractivity contribution in [2.45, 2.75) is 51.7 Å². The van der Waals surface area contributed by atoms with Crippen LogP contribution in [0.4, 0.5) is 5.82 Å². The van der Waals surface area contributed by atoms with Gasteiger partial charge in [0.25, 0.3) is 0 Å². The van der Waals surface area contributed by atoms with Crippen molar-refractivity contribution in [3.63, 3.8) is 0 Å². The Morgan fingerprint density at radius 3 is 2.55 bits per heavy atom. The van der Waals surface area contributed by atoms with Gasteiger partial charge in [-0.1, -0.05) is 6.08 Å². The van der Waals surface area contributed by atoms with Gasteiger partial charge in [0.2, 0.25) is 0 Å². The molecule has 11 heteroatoms. The van der Waals surface area contributed by atoms with Crippen LogP contribution in [0.5, 0.6) is 0 Å². The van der Waals surface area contributed by atoms with E-state index in [2.05, 4.69) is 11.6 Å². The molecule has 0 aromatic carbocycles. The number of allylic oxidation sites excluding steroid dienone is 1. The van der Waals surface area contributed by atoms with E-state index in [0.29, 0.717) is 5.56 Å². The minimum atomic E-state index is -1.43. The van der Waals surface area contributed by atoms with Gasteiger partial charge in [-0.3, -0.25) is 19.0 Å². The Morgan fingerprint density at radius 1 is 1.28 bits per heavy atom. The first-order valence-corrected chi connectivity index (χ1v) is 8.31. The van der Waals surface area contributed by atoms with Gasteiger partial charge in [0.15, 0.2) is 18.4 Å². The summed E-state index contributed by atoms with van der Waals surface area (Å²) in [6, 6.07) is 0. The maximum Gasteiger partial charge on any atom is 0.351 e. The van der Waals surface area contributed by atoms with Crippen LogP contribution in [-0.4, -0.2) is 52.4 Å². The summed E-state index contributed by atoms with van der Waals surface area (Å²) in [6.45, 7) is 0.912. The second-order valence-electron chi connectivity index (χ2n) is 5.99. The first-order chi connectivity index (χ1) is 15.2. The first kappa shape index (κ1) is 17.9. The number of nitrogens with two attached hydrogens (primary N) is 1. The highest BCUT2D eigenvalue weighted by Crippen LogP contribution is 2.34. The van der Waals surface area contributed by atoms with Crippen LogP contribution in [0.15, 0.2) is 23.6 Å². The molecule has 1 unspecified atom stereocenters. The molecule has 0 amide bonds. The molecule has 158 valence electrons. The number of nitrogen functional groups attached to an aromatic ring is 1. The van der Waals surface area contributed by atoms with Gasteiger partial charge in [0.05, 0.1) is 0 Å². The fourth-order valence-corrected chi connectivity index (χ4v) is 2.83. The Morgan fingerprint density at radius 2 is 1.93 bits per heavy atom. The van der Waals surface area contributed by atoms with Crippen molar-refractivity contribution >= 4 is 23.7 Å². The Bertz CT molecular complexity index is 925. The van der Waals surface area contributed by atoms with Crippen LogP contribution in [0.2, 0.25) is 0 Å². The van der Waals surface area contributed by atoms with E-state index in [-0.39, 0.29) is 12.2 Å². The number of esters is 3. The Balaban J connectivity index is 2.50. The lowest BCUT2D eigenvalue weighted by Crippen LogP contribution is -2.42. The number of nitrogens with zero attached hydrogens (tertiary/aromatic N) is 2. The van der Waals surface area contributed by atoms with Gasteiger partial charge in [-0.25, -0.2) is 4.79 Å². The number of hydrogen-bond donors (Lipinski definition) is 1. The lowest BCUT2D eigenvalue weighted by atomic mass is 10.1. The van der Waals surface area contributed by atoms with Gasteiger partial charge in [-0.15, -0.1) is 6.58 Å². The number of anilines is 1. The predicted molar refractivity (Wildman–Crippen MR) is 98.5 cm³/mol. The summed E-state index contributed by atoms with van der Waals surface area (Å²) in [7, 11) is 0. The fourth-order valence-electron chi connectivity index (χ4n) is 2.83. The smallest absolute Gasteiger partial charge is 0.351 e. The first-order valence-electron chi connectivity index (χ1n) is 10.4. The number of aromatic nitrogens is 2. The number of carbonyl (C=O) groups excluding carboxylic acids is 3. The van der Waals surface area contributed by atoms with Crippen LogP contribution >= 0.6 is 0 Å². The summed E-state index contributed by atoms with van der Waals surface area (Å²) in [6.07, 6.45) is -2.29. The van der Waals surface area contributed by atoms with Crippen molar-refractivity contribution in [1.82, 2.24) is 9.55 Å². The van der Waals surface area contributed by atoms with Crippen LogP contribution in [0.3, 0.4) is 0 Å². The molecule has 11 nitrogen and oxygen atoms in total. The lowest BCUT2D eigenvalue weighted by Gasteiger charge is -2.24. The third kappa shape index (κ3) is 5.41. The van der Waals surface area contributed by atoms with Crippen molar-refractivity contribution in [3.8, 4) is 0 Å². The highest BCUT2D eigenvalue weighted by atomic mass is 16.7. The van der Waals surface area contributed by atoms with Crippen LogP contribution in [0.1, 0.15) is 36.6 Å². The zero-order valence-corrected chi connectivity index (χ0v) is 15.4. The van der Waals surface area contributed by atoms with Crippen LogP contribution in [0.25, 0.3) is 0 Å². The van der Waals surface area contributed by atoms with Gasteiger partial charge >= 0.3 is 23.6 Å². The van der Waals surface area contributed by atoms with Crippen LogP contribution in [-0.2, 0) is 39.8 Å². The second-order valence-corrected chi connectivity index (χ2v) is 5.99. The summed E-state index contributed by atoms with van der Waals surface area (Å²) >= 11 is 0. The highest BCUT2D eigenvalue weighted by molar-refractivity contribution is 5.68. The van der Waals surface area contributed by atoms with E-state index in [1.54, 1.807) is 0 Å². The number of rotatable bonds is 7. The van der Waals surface area contributed by atoms with Gasteiger partial charge in [0, 0.05) is 36.6 Å². The molecule has 2 heterocycles. The average Bonchev–Trinajstić information content (AvgIpc) is 3.10. The molecule has 1 aliphatic heterocycles. The molecule has 29 heavy (non-hydrogen) atoms. The molecule has 0 radical (unpaired) electrons. The Hall–Kier alpha value is -3.21. The molecule has 0 spiro atoms. The zero-order valence-electron chi connectivity index (χ0n) is 18.4. The molecular formula is C18H23N3O8. The lowest BCUT2D eigenvalue weighted by molar-refractivity contribution is -0.166. The third-order valence-corrected chi connectivity index (χ3v) is 3.93.